The summed E-state index contributed by atoms with van der Waals surface area (Å²) in [6.07, 6.45) is 0.884. The van der Waals surface area contributed by atoms with Gasteiger partial charge in [0.15, 0.2) is 0 Å². The molecule has 32 heavy (non-hydrogen) atoms. The lowest BCUT2D eigenvalue weighted by Crippen LogP contribution is -2.32. The molecule has 1 aliphatic rings. The van der Waals surface area contributed by atoms with E-state index >= 15 is 0 Å². The normalized spacial score (nSPS) is 13.8. The van der Waals surface area contributed by atoms with Gasteiger partial charge in [0.2, 0.25) is 0 Å². The number of carbonyl (C=O) groups excluding carboxylic acids is 2. The first kappa shape index (κ1) is 21.8. The van der Waals surface area contributed by atoms with Gasteiger partial charge in [0.05, 0.1) is 11.3 Å². The topological polar surface area (TPSA) is 49.4 Å². The standard InChI is InChI=1S/C27H25ClN2O2/c1-5-19-8-12-22(13-9-19)30-26(31)24(20-10-6-16(2)18(4)14-20)25(27(30)32)29-23-15-21(28)11-7-17(23)3/h6-15,29H,5H2,1-4H3. The summed E-state index contributed by atoms with van der Waals surface area (Å²) >= 11 is 6.19. The number of imide groups is 1. The number of hydrogen-bond donors (Lipinski definition) is 1. The fourth-order valence-corrected chi connectivity index (χ4v) is 3.96. The van der Waals surface area contributed by atoms with Crippen molar-refractivity contribution < 1.29 is 9.59 Å². The molecule has 3 aromatic carbocycles. The van der Waals surface area contributed by atoms with Crippen molar-refractivity contribution in [2.24, 2.45) is 0 Å². The molecule has 0 unspecified atom stereocenters. The Balaban J connectivity index is 1.85. The SMILES string of the molecule is CCc1ccc(N2C(=O)C(Nc3cc(Cl)ccc3C)=C(c3ccc(C)c(C)c3)C2=O)cc1. The van der Waals surface area contributed by atoms with Crippen LogP contribution in [-0.2, 0) is 16.0 Å². The summed E-state index contributed by atoms with van der Waals surface area (Å²) in [4.78, 5) is 28.4. The molecule has 0 bridgehead atoms. The number of halogens is 1. The molecule has 2 amide bonds. The molecule has 1 heterocycles. The van der Waals surface area contributed by atoms with E-state index < -0.39 is 0 Å². The molecule has 0 spiro atoms. The van der Waals surface area contributed by atoms with E-state index in [0.717, 1.165) is 28.7 Å². The van der Waals surface area contributed by atoms with Gasteiger partial charge >= 0.3 is 0 Å². The van der Waals surface area contributed by atoms with Crippen LogP contribution in [0.5, 0.6) is 0 Å². The quantitative estimate of drug-likeness (QED) is 0.475. The van der Waals surface area contributed by atoms with Crippen molar-refractivity contribution in [2.75, 3.05) is 10.2 Å². The Labute approximate surface area is 193 Å². The number of rotatable bonds is 5. The lowest BCUT2D eigenvalue weighted by atomic mass is 9.99. The monoisotopic (exact) mass is 444 g/mol. The fourth-order valence-electron chi connectivity index (χ4n) is 3.79. The highest BCUT2D eigenvalue weighted by Gasteiger charge is 2.40. The minimum absolute atomic E-state index is 0.253. The van der Waals surface area contributed by atoms with Gasteiger partial charge in [-0.1, -0.05) is 54.9 Å². The highest BCUT2D eigenvalue weighted by Crippen LogP contribution is 2.35. The Kier molecular flexibility index (Phi) is 5.90. The zero-order valence-electron chi connectivity index (χ0n) is 18.6. The first-order valence-electron chi connectivity index (χ1n) is 10.6. The van der Waals surface area contributed by atoms with Crippen molar-refractivity contribution >= 4 is 40.4 Å². The number of hydrogen-bond acceptors (Lipinski definition) is 3. The molecule has 0 aliphatic carbocycles. The second kappa shape index (κ2) is 8.64. The van der Waals surface area contributed by atoms with Crippen LogP contribution in [0.3, 0.4) is 0 Å². The molecule has 0 radical (unpaired) electrons. The van der Waals surface area contributed by atoms with E-state index in [0.29, 0.717) is 27.5 Å². The van der Waals surface area contributed by atoms with E-state index in [4.69, 9.17) is 11.6 Å². The van der Waals surface area contributed by atoms with Crippen LogP contribution < -0.4 is 10.2 Å². The van der Waals surface area contributed by atoms with Gasteiger partial charge in [-0.05, 0) is 79.3 Å². The number of benzene rings is 3. The maximum absolute atomic E-state index is 13.6. The van der Waals surface area contributed by atoms with Crippen LogP contribution in [0.25, 0.3) is 5.57 Å². The summed E-state index contributed by atoms with van der Waals surface area (Å²) in [5, 5.41) is 3.77. The number of anilines is 2. The highest BCUT2D eigenvalue weighted by molar-refractivity contribution is 6.46. The smallest absolute Gasteiger partial charge is 0.282 e. The summed E-state index contributed by atoms with van der Waals surface area (Å²) in [6, 6.07) is 18.8. The fraction of sp³-hybridized carbons (Fsp3) is 0.185. The third-order valence-corrected chi connectivity index (χ3v) is 6.18. The van der Waals surface area contributed by atoms with Crippen LogP contribution in [0, 0.1) is 20.8 Å². The van der Waals surface area contributed by atoms with Crippen LogP contribution in [0.2, 0.25) is 5.02 Å². The molecule has 0 aromatic heterocycles. The second-order valence-electron chi connectivity index (χ2n) is 8.10. The zero-order valence-corrected chi connectivity index (χ0v) is 19.4. The summed E-state index contributed by atoms with van der Waals surface area (Å²) < 4.78 is 0. The molecule has 162 valence electrons. The lowest BCUT2D eigenvalue weighted by Gasteiger charge is -2.16. The Morgan fingerprint density at radius 1 is 0.812 bits per heavy atom. The first-order valence-corrected chi connectivity index (χ1v) is 11.0. The number of aryl methyl sites for hydroxylation is 4. The minimum Gasteiger partial charge on any atom is -0.350 e. The third-order valence-electron chi connectivity index (χ3n) is 5.94. The molecular weight excluding hydrogens is 420 g/mol. The van der Waals surface area contributed by atoms with Crippen molar-refractivity contribution in [1.29, 1.82) is 0 Å². The van der Waals surface area contributed by atoms with Gasteiger partial charge in [0, 0.05) is 10.7 Å². The molecule has 0 saturated heterocycles. The molecule has 5 heteroatoms. The maximum Gasteiger partial charge on any atom is 0.282 e. The maximum atomic E-state index is 13.6. The van der Waals surface area contributed by atoms with Crippen molar-refractivity contribution in [1.82, 2.24) is 0 Å². The van der Waals surface area contributed by atoms with Gasteiger partial charge in [-0.3, -0.25) is 9.59 Å². The van der Waals surface area contributed by atoms with Crippen LogP contribution in [0.15, 0.2) is 66.4 Å². The zero-order chi connectivity index (χ0) is 23.0. The average Bonchev–Trinajstić information content (AvgIpc) is 3.02. The largest absolute Gasteiger partial charge is 0.350 e. The Morgan fingerprint density at radius 3 is 2.16 bits per heavy atom. The van der Waals surface area contributed by atoms with Crippen molar-refractivity contribution in [2.45, 2.75) is 34.1 Å². The molecule has 4 nitrogen and oxygen atoms in total. The predicted octanol–water partition coefficient (Wildman–Crippen LogP) is 6.22. The van der Waals surface area contributed by atoms with E-state index in [1.54, 1.807) is 12.1 Å². The molecule has 0 saturated carbocycles. The Hall–Kier alpha value is -3.37. The second-order valence-corrected chi connectivity index (χ2v) is 8.54. The van der Waals surface area contributed by atoms with E-state index in [1.165, 1.54) is 4.90 Å². The summed E-state index contributed by atoms with van der Waals surface area (Å²) in [7, 11) is 0. The van der Waals surface area contributed by atoms with E-state index in [9.17, 15) is 9.59 Å². The molecule has 0 fully saturated rings. The molecule has 4 rings (SSSR count). The number of carbonyl (C=O) groups is 2. The summed E-state index contributed by atoms with van der Waals surface area (Å²) in [5.41, 5.74) is 6.81. The van der Waals surface area contributed by atoms with E-state index in [2.05, 4.69) is 12.2 Å². The van der Waals surface area contributed by atoms with Gasteiger partial charge < -0.3 is 5.32 Å². The van der Waals surface area contributed by atoms with Crippen molar-refractivity contribution in [3.63, 3.8) is 0 Å². The Morgan fingerprint density at radius 2 is 1.50 bits per heavy atom. The summed E-state index contributed by atoms with van der Waals surface area (Å²) in [6.45, 7) is 8.01. The number of nitrogens with zero attached hydrogens (tertiary/aromatic N) is 1. The van der Waals surface area contributed by atoms with Gasteiger partial charge in [0.1, 0.15) is 5.70 Å². The number of amides is 2. The van der Waals surface area contributed by atoms with Crippen LogP contribution in [-0.4, -0.2) is 11.8 Å². The van der Waals surface area contributed by atoms with Crippen molar-refractivity contribution in [3.8, 4) is 0 Å². The van der Waals surface area contributed by atoms with Crippen LogP contribution in [0.1, 0.15) is 34.7 Å². The van der Waals surface area contributed by atoms with Gasteiger partial charge in [-0.15, -0.1) is 0 Å². The molecule has 1 N–H and O–H groups in total. The van der Waals surface area contributed by atoms with Crippen LogP contribution >= 0.6 is 11.6 Å². The molecule has 0 atom stereocenters. The molecule has 1 aliphatic heterocycles. The van der Waals surface area contributed by atoms with E-state index in [1.807, 2.05) is 69.3 Å². The van der Waals surface area contributed by atoms with Crippen LogP contribution in [0.4, 0.5) is 11.4 Å². The molecular formula is C27H25ClN2O2. The first-order chi connectivity index (χ1) is 15.3. The van der Waals surface area contributed by atoms with Gasteiger partial charge in [-0.25, -0.2) is 4.90 Å². The third kappa shape index (κ3) is 3.94. The van der Waals surface area contributed by atoms with Gasteiger partial charge in [0.25, 0.3) is 11.8 Å². The molecule has 3 aromatic rings. The van der Waals surface area contributed by atoms with E-state index in [-0.39, 0.29) is 17.5 Å². The highest BCUT2D eigenvalue weighted by atomic mass is 35.5. The summed E-state index contributed by atoms with van der Waals surface area (Å²) in [5.74, 6) is -0.725. The predicted molar refractivity (Wildman–Crippen MR) is 131 cm³/mol. The Bertz CT molecular complexity index is 1260. The minimum atomic E-state index is -0.383. The number of nitrogens with one attached hydrogen (secondary N) is 1. The lowest BCUT2D eigenvalue weighted by molar-refractivity contribution is -0.120. The van der Waals surface area contributed by atoms with Crippen molar-refractivity contribution in [3.05, 3.63) is 99.2 Å². The average molecular weight is 445 g/mol. The van der Waals surface area contributed by atoms with Gasteiger partial charge in [-0.2, -0.15) is 0 Å².